The average Bonchev–Trinajstić information content (AvgIpc) is 2.74. The lowest BCUT2D eigenvalue weighted by Crippen LogP contribution is -2.54. The zero-order valence-corrected chi connectivity index (χ0v) is 19.3. The van der Waals surface area contributed by atoms with Crippen molar-refractivity contribution in [2.24, 2.45) is 5.92 Å². The van der Waals surface area contributed by atoms with E-state index in [2.05, 4.69) is 16.2 Å². The predicted octanol–water partition coefficient (Wildman–Crippen LogP) is 3.69. The summed E-state index contributed by atoms with van der Waals surface area (Å²) in [6, 6.07) is 7.10. The summed E-state index contributed by atoms with van der Waals surface area (Å²) < 4.78 is 33.3. The Hall–Kier alpha value is -3.20. The first-order valence-electron chi connectivity index (χ1n) is 10.3. The Morgan fingerprint density at radius 2 is 1.73 bits per heavy atom. The monoisotopic (exact) mass is 481 g/mol. The summed E-state index contributed by atoms with van der Waals surface area (Å²) in [5, 5.41) is 2.91. The molecule has 178 valence electrons. The first-order valence-corrected chi connectivity index (χ1v) is 10.7. The molecule has 2 aromatic rings. The number of halogens is 3. The van der Waals surface area contributed by atoms with Crippen LogP contribution in [0.2, 0.25) is 5.02 Å². The molecule has 7 nitrogen and oxygen atoms in total. The van der Waals surface area contributed by atoms with Crippen LogP contribution >= 0.6 is 11.6 Å². The van der Waals surface area contributed by atoms with Crippen LogP contribution in [0.1, 0.15) is 42.6 Å². The fourth-order valence-electron chi connectivity index (χ4n) is 2.92. The molecule has 0 spiro atoms. The summed E-state index contributed by atoms with van der Waals surface area (Å²) in [5.41, 5.74) is 4.58. The fraction of sp³-hybridized carbons (Fsp3) is 0.348. The SMILES string of the molecule is Cc1cc(Cl)ccc1OCCCC(=O)NNC(=O)[C@@H](NC(=O)c1c(F)cccc1F)C(C)C. The molecule has 3 amide bonds. The van der Waals surface area contributed by atoms with Crippen LogP contribution in [0.5, 0.6) is 5.75 Å². The second kappa shape index (κ2) is 12.2. The third-order valence-corrected chi connectivity index (χ3v) is 4.93. The Morgan fingerprint density at radius 3 is 2.33 bits per heavy atom. The molecule has 2 rings (SSSR count). The number of hydrogen-bond acceptors (Lipinski definition) is 4. The highest BCUT2D eigenvalue weighted by Gasteiger charge is 2.27. The zero-order valence-electron chi connectivity index (χ0n) is 18.5. The predicted molar refractivity (Wildman–Crippen MR) is 120 cm³/mol. The van der Waals surface area contributed by atoms with Gasteiger partial charge >= 0.3 is 0 Å². The van der Waals surface area contributed by atoms with Gasteiger partial charge < -0.3 is 10.1 Å². The Morgan fingerprint density at radius 1 is 1.06 bits per heavy atom. The van der Waals surface area contributed by atoms with Crippen LogP contribution in [0.3, 0.4) is 0 Å². The second-order valence-electron chi connectivity index (χ2n) is 7.69. The van der Waals surface area contributed by atoms with Crippen LogP contribution in [0, 0.1) is 24.5 Å². The van der Waals surface area contributed by atoms with Crippen molar-refractivity contribution in [1.82, 2.24) is 16.2 Å². The summed E-state index contributed by atoms with van der Waals surface area (Å²) in [7, 11) is 0. The summed E-state index contributed by atoms with van der Waals surface area (Å²) >= 11 is 5.90. The first kappa shape index (κ1) is 26.1. The molecule has 0 saturated heterocycles. The van der Waals surface area contributed by atoms with Gasteiger partial charge in [-0.2, -0.15) is 0 Å². The number of benzene rings is 2. The molecule has 0 aromatic heterocycles. The molecule has 0 bridgehead atoms. The van der Waals surface area contributed by atoms with Crippen LogP contribution in [-0.4, -0.2) is 30.4 Å². The standard InChI is InChI=1S/C23H26ClF2N3O4/c1-13(2)21(27-22(31)20-16(25)6-4-7-17(20)26)23(32)29-28-19(30)8-5-11-33-18-10-9-15(24)12-14(18)3/h4,6-7,9-10,12-13,21H,5,8,11H2,1-3H3,(H,27,31)(H,28,30)(H,29,32)/t21-/m0/s1. The van der Waals surface area contributed by atoms with E-state index in [1.165, 1.54) is 0 Å². The van der Waals surface area contributed by atoms with E-state index in [1.807, 2.05) is 6.92 Å². The second-order valence-corrected chi connectivity index (χ2v) is 8.13. The Bertz CT molecular complexity index is 997. The molecule has 33 heavy (non-hydrogen) atoms. The van der Waals surface area contributed by atoms with E-state index >= 15 is 0 Å². The van der Waals surface area contributed by atoms with Gasteiger partial charge in [0.25, 0.3) is 11.8 Å². The summed E-state index contributed by atoms with van der Waals surface area (Å²) in [6.45, 7) is 5.41. The number of carbonyl (C=O) groups excluding carboxylic acids is 3. The Labute approximate surface area is 195 Å². The highest BCUT2D eigenvalue weighted by Crippen LogP contribution is 2.22. The fourth-order valence-corrected chi connectivity index (χ4v) is 3.15. The number of carbonyl (C=O) groups is 3. The van der Waals surface area contributed by atoms with Crippen LogP contribution in [-0.2, 0) is 9.59 Å². The number of aryl methyl sites for hydroxylation is 1. The summed E-state index contributed by atoms with van der Waals surface area (Å²) in [4.78, 5) is 36.8. The van der Waals surface area contributed by atoms with Gasteiger partial charge in [0.15, 0.2) is 0 Å². The van der Waals surface area contributed by atoms with Crippen molar-refractivity contribution in [3.8, 4) is 5.75 Å². The topological polar surface area (TPSA) is 96.5 Å². The van der Waals surface area contributed by atoms with Crippen molar-refractivity contribution in [3.05, 3.63) is 64.2 Å². The van der Waals surface area contributed by atoms with Gasteiger partial charge in [0, 0.05) is 11.4 Å². The van der Waals surface area contributed by atoms with E-state index in [0.717, 1.165) is 23.8 Å². The molecule has 0 radical (unpaired) electrons. The maximum Gasteiger partial charge on any atom is 0.261 e. The van der Waals surface area contributed by atoms with Crippen molar-refractivity contribution < 1.29 is 27.9 Å². The number of hydrogen-bond donors (Lipinski definition) is 3. The maximum atomic E-state index is 13.8. The molecule has 0 aliphatic rings. The lowest BCUT2D eigenvalue weighted by atomic mass is 10.0. The maximum absolute atomic E-state index is 13.8. The number of ether oxygens (including phenoxy) is 1. The highest BCUT2D eigenvalue weighted by atomic mass is 35.5. The lowest BCUT2D eigenvalue weighted by Gasteiger charge is -2.22. The molecule has 0 aliphatic heterocycles. The van der Waals surface area contributed by atoms with Crippen molar-refractivity contribution in [2.75, 3.05) is 6.61 Å². The average molecular weight is 482 g/mol. The molecular formula is C23H26ClF2N3O4. The smallest absolute Gasteiger partial charge is 0.261 e. The molecule has 0 saturated carbocycles. The first-order chi connectivity index (χ1) is 15.6. The minimum absolute atomic E-state index is 0.0755. The van der Waals surface area contributed by atoms with Crippen LogP contribution < -0.4 is 20.9 Å². The van der Waals surface area contributed by atoms with Gasteiger partial charge in [0.2, 0.25) is 5.91 Å². The van der Waals surface area contributed by atoms with Crippen LogP contribution in [0.15, 0.2) is 36.4 Å². The van der Waals surface area contributed by atoms with Gasteiger partial charge in [-0.1, -0.05) is 31.5 Å². The van der Waals surface area contributed by atoms with E-state index in [1.54, 1.807) is 32.0 Å². The molecule has 0 unspecified atom stereocenters. The van der Waals surface area contributed by atoms with Gasteiger partial charge in [-0.15, -0.1) is 0 Å². The van der Waals surface area contributed by atoms with Gasteiger partial charge in [-0.05, 0) is 55.2 Å². The van der Waals surface area contributed by atoms with E-state index in [9.17, 15) is 23.2 Å². The minimum atomic E-state index is -1.13. The minimum Gasteiger partial charge on any atom is -0.493 e. The highest BCUT2D eigenvalue weighted by molar-refractivity contribution is 6.30. The normalized spacial score (nSPS) is 11.6. The van der Waals surface area contributed by atoms with Crippen molar-refractivity contribution in [2.45, 2.75) is 39.7 Å². The third-order valence-electron chi connectivity index (χ3n) is 4.69. The molecule has 2 aromatic carbocycles. The number of nitrogens with one attached hydrogen (secondary N) is 3. The molecule has 0 aliphatic carbocycles. The summed E-state index contributed by atoms with van der Waals surface area (Å²) in [5.74, 6) is -4.10. The van der Waals surface area contributed by atoms with E-state index < -0.39 is 46.9 Å². The van der Waals surface area contributed by atoms with Gasteiger partial charge in [-0.25, -0.2) is 8.78 Å². The third kappa shape index (κ3) is 7.71. The Balaban J connectivity index is 1.81. The molecule has 0 fully saturated rings. The molecule has 1 atom stereocenters. The Kier molecular flexibility index (Phi) is 9.59. The van der Waals surface area contributed by atoms with Crippen LogP contribution in [0.4, 0.5) is 8.78 Å². The van der Waals surface area contributed by atoms with Gasteiger partial charge in [0.05, 0.1) is 6.61 Å². The lowest BCUT2D eigenvalue weighted by molar-refractivity contribution is -0.130. The van der Waals surface area contributed by atoms with E-state index in [0.29, 0.717) is 17.2 Å². The van der Waals surface area contributed by atoms with E-state index in [-0.39, 0.29) is 13.0 Å². The van der Waals surface area contributed by atoms with Crippen molar-refractivity contribution in [3.63, 3.8) is 0 Å². The molecule has 0 heterocycles. The number of rotatable bonds is 9. The number of amides is 3. The largest absolute Gasteiger partial charge is 0.493 e. The van der Waals surface area contributed by atoms with Gasteiger partial charge in [0.1, 0.15) is 29.0 Å². The number of hydrazine groups is 1. The van der Waals surface area contributed by atoms with Gasteiger partial charge in [-0.3, -0.25) is 25.2 Å². The quantitative estimate of drug-likeness (QED) is 0.376. The van der Waals surface area contributed by atoms with Crippen LogP contribution in [0.25, 0.3) is 0 Å². The molecule has 10 heteroatoms. The molecular weight excluding hydrogens is 456 g/mol. The van der Waals surface area contributed by atoms with Crippen molar-refractivity contribution in [1.29, 1.82) is 0 Å². The summed E-state index contributed by atoms with van der Waals surface area (Å²) in [6.07, 6.45) is 0.465. The molecule has 3 N–H and O–H groups in total. The van der Waals surface area contributed by atoms with Crippen molar-refractivity contribution >= 4 is 29.3 Å². The zero-order chi connectivity index (χ0) is 24.5. The van der Waals surface area contributed by atoms with E-state index in [4.69, 9.17) is 16.3 Å².